The van der Waals surface area contributed by atoms with E-state index in [1.54, 1.807) is 12.1 Å². The van der Waals surface area contributed by atoms with Crippen LogP contribution >= 0.6 is 0 Å². The number of nitrogen functional groups attached to an aromatic ring is 1. The van der Waals surface area contributed by atoms with E-state index in [-0.39, 0.29) is 29.2 Å². The minimum absolute atomic E-state index is 0.0451. The molecule has 0 aliphatic carbocycles. The van der Waals surface area contributed by atoms with Crippen molar-refractivity contribution < 1.29 is 19.0 Å². The van der Waals surface area contributed by atoms with Gasteiger partial charge >= 0.3 is 5.97 Å². The van der Waals surface area contributed by atoms with Gasteiger partial charge in [-0.2, -0.15) is 0 Å². The normalized spacial score (nSPS) is 10.2. The van der Waals surface area contributed by atoms with Crippen LogP contribution in [0.5, 0.6) is 5.75 Å². The van der Waals surface area contributed by atoms with Crippen LogP contribution in [0.15, 0.2) is 42.5 Å². The van der Waals surface area contributed by atoms with Crippen molar-refractivity contribution in [2.75, 3.05) is 5.73 Å². The van der Waals surface area contributed by atoms with Crippen molar-refractivity contribution in [1.29, 1.82) is 0 Å². The molecule has 0 aromatic heterocycles. The van der Waals surface area contributed by atoms with Crippen LogP contribution in [0.2, 0.25) is 0 Å². The van der Waals surface area contributed by atoms with E-state index in [9.17, 15) is 14.3 Å². The van der Waals surface area contributed by atoms with Gasteiger partial charge in [0.25, 0.3) is 0 Å². The summed E-state index contributed by atoms with van der Waals surface area (Å²) in [6.07, 6.45) is 0. The number of hydrogen-bond acceptors (Lipinski definition) is 4. The number of nitrogens with two attached hydrogens (primary N) is 1. The third-order valence-corrected chi connectivity index (χ3v) is 2.60. The number of carbonyl (C=O) groups excluding carboxylic acids is 1. The van der Waals surface area contributed by atoms with Crippen molar-refractivity contribution in [3.63, 3.8) is 0 Å². The van der Waals surface area contributed by atoms with Crippen molar-refractivity contribution >= 4 is 11.7 Å². The Labute approximate surface area is 109 Å². The van der Waals surface area contributed by atoms with Crippen molar-refractivity contribution in [2.24, 2.45) is 0 Å². The van der Waals surface area contributed by atoms with Gasteiger partial charge in [-0.1, -0.05) is 24.3 Å². The number of esters is 1. The molecule has 0 saturated carbocycles. The number of ether oxygens (including phenoxy) is 1. The molecule has 0 heterocycles. The van der Waals surface area contributed by atoms with E-state index in [2.05, 4.69) is 0 Å². The highest BCUT2D eigenvalue weighted by molar-refractivity contribution is 5.94. The van der Waals surface area contributed by atoms with Gasteiger partial charge in [-0.05, 0) is 18.2 Å². The average Bonchev–Trinajstić information content (AvgIpc) is 2.40. The van der Waals surface area contributed by atoms with Crippen molar-refractivity contribution in [2.45, 2.75) is 6.61 Å². The average molecular weight is 261 g/mol. The number of anilines is 1. The Hall–Kier alpha value is -2.56. The first-order chi connectivity index (χ1) is 9.09. The summed E-state index contributed by atoms with van der Waals surface area (Å²) in [5.74, 6) is -1.54. The monoisotopic (exact) mass is 261 g/mol. The van der Waals surface area contributed by atoms with Gasteiger partial charge in [0, 0.05) is 5.56 Å². The Kier molecular flexibility index (Phi) is 3.66. The van der Waals surface area contributed by atoms with E-state index in [1.165, 1.54) is 30.3 Å². The second kappa shape index (κ2) is 5.39. The fourth-order valence-corrected chi connectivity index (χ4v) is 1.56. The van der Waals surface area contributed by atoms with Gasteiger partial charge in [-0.15, -0.1) is 0 Å². The lowest BCUT2D eigenvalue weighted by molar-refractivity contribution is 0.0466. The van der Waals surface area contributed by atoms with Crippen LogP contribution in [0.1, 0.15) is 15.9 Å². The standard InChI is InChI=1S/C14H12FNO3/c15-11-6-2-1-4-9(11)8-19-14(18)10-5-3-7-12(16)13(10)17/h1-7,17H,8,16H2. The molecule has 5 heteroatoms. The molecule has 2 aromatic rings. The molecule has 0 bridgehead atoms. The topological polar surface area (TPSA) is 72.6 Å². The van der Waals surface area contributed by atoms with Gasteiger partial charge in [0.2, 0.25) is 0 Å². The van der Waals surface area contributed by atoms with Crippen LogP contribution in [-0.2, 0) is 11.3 Å². The van der Waals surface area contributed by atoms with Crippen LogP contribution in [0, 0.1) is 5.82 Å². The molecular weight excluding hydrogens is 249 g/mol. The number of phenols is 1. The number of hydrogen-bond donors (Lipinski definition) is 2. The molecule has 4 nitrogen and oxygen atoms in total. The fraction of sp³-hybridized carbons (Fsp3) is 0.0714. The second-order valence-corrected chi connectivity index (χ2v) is 3.91. The number of carbonyl (C=O) groups is 1. The molecule has 0 aliphatic rings. The lowest BCUT2D eigenvalue weighted by Crippen LogP contribution is -2.07. The Balaban J connectivity index is 2.10. The van der Waals surface area contributed by atoms with E-state index in [1.807, 2.05) is 0 Å². The van der Waals surface area contributed by atoms with Gasteiger partial charge in [0.05, 0.1) is 5.69 Å². The van der Waals surface area contributed by atoms with Crippen molar-refractivity contribution in [3.8, 4) is 5.75 Å². The second-order valence-electron chi connectivity index (χ2n) is 3.91. The third-order valence-electron chi connectivity index (χ3n) is 2.60. The molecule has 2 aromatic carbocycles. The Bertz CT molecular complexity index is 613. The summed E-state index contributed by atoms with van der Waals surface area (Å²) < 4.78 is 18.3. The number of para-hydroxylation sites is 1. The number of benzene rings is 2. The molecule has 0 fully saturated rings. The van der Waals surface area contributed by atoms with Crippen LogP contribution in [0.4, 0.5) is 10.1 Å². The maximum atomic E-state index is 13.3. The van der Waals surface area contributed by atoms with Gasteiger partial charge in [0.15, 0.2) is 5.75 Å². The van der Waals surface area contributed by atoms with E-state index in [0.29, 0.717) is 0 Å². The summed E-state index contributed by atoms with van der Waals surface area (Å²) in [7, 11) is 0. The zero-order valence-corrected chi connectivity index (χ0v) is 9.97. The van der Waals surface area contributed by atoms with Crippen LogP contribution in [0.25, 0.3) is 0 Å². The molecule has 0 saturated heterocycles. The van der Waals surface area contributed by atoms with E-state index >= 15 is 0 Å². The summed E-state index contributed by atoms with van der Waals surface area (Å²) in [5, 5.41) is 9.62. The van der Waals surface area contributed by atoms with E-state index in [4.69, 9.17) is 10.5 Å². The van der Waals surface area contributed by atoms with Crippen LogP contribution in [-0.4, -0.2) is 11.1 Å². The Morgan fingerprint density at radius 3 is 2.68 bits per heavy atom. The van der Waals surface area contributed by atoms with Crippen LogP contribution < -0.4 is 5.73 Å². The third kappa shape index (κ3) is 2.82. The summed E-state index contributed by atoms with van der Waals surface area (Å²) in [6, 6.07) is 10.4. The van der Waals surface area contributed by atoms with Gasteiger partial charge < -0.3 is 15.6 Å². The Morgan fingerprint density at radius 1 is 1.21 bits per heavy atom. The molecule has 0 amide bonds. The smallest absolute Gasteiger partial charge is 0.342 e. The first-order valence-corrected chi connectivity index (χ1v) is 5.57. The largest absolute Gasteiger partial charge is 0.505 e. The molecule has 3 N–H and O–H groups in total. The highest BCUT2D eigenvalue weighted by atomic mass is 19.1. The summed E-state index contributed by atoms with van der Waals surface area (Å²) in [6.45, 7) is -0.209. The minimum atomic E-state index is -0.756. The summed E-state index contributed by atoms with van der Waals surface area (Å²) in [5.41, 5.74) is 5.77. The molecule has 98 valence electrons. The molecule has 0 spiro atoms. The molecule has 0 unspecified atom stereocenters. The van der Waals surface area contributed by atoms with E-state index < -0.39 is 11.8 Å². The van der Waals surface area contributed by atoms with Gasteiger partial charge in [0.1, 0.15) is 18.0 Å². The Morgan fingerprint density at radius 2 is 1.95 bits per heavy atom. The maximum Gasteiger partial charge on any atom is 0.342 e. The molecule has 0 aliphatic heterocycles. The number of rotatable bonds is 3. The molecular formula is C14H12FNO3. The number of aromatic hydroxyl groups is 1. The van der Waals surface area contributed by atoms with Gasteiger partial charge in [-0.3, -0.25) is 0 Å². The molecule has 0 atom stereocenters. The first kappa shape index (κ1) is 12.9. The SMILES string of the molecule is Nc1cccc(C(=O)OCc2ccccc2F)c1O. The highest BCUT2D eigenvalue weighted by Gasteiger charge is 2.15. The first-order valence-electron chi connectivity index (χ1n) is 5.57. The maximum absolute atomic E-state index is 13.3. The van der Waals surface area contributed by atoms with Crippen molar-refractivity contribution in [1.82, 2.24) is 0 Å². The predicted octanol–water partition coefficient (Wildman–Crippen LogP) is 2.47. The zero-order chi connectivity index (χ0) is 13.8. The summed E-state index contributed by atoms with van der Waals surface area (Å²) >= 11 is 0. The molecule has 0 radical (unpaired) electrons. The van der Waals surface area contributed by atoms with E-state index in [0.717, 1.165) is 0 Å². The van der Waals surface area contributed by atoms with Crippen molar-refractivity contribution in [3.05, 3.63) is 59.4 Å². The number of phenolic OH excluding ortho intramolecular Hbond substituents is 1. The predicted molar refractivity (Wildman–Crippen MR) is 68.0 cm³/mol. The minimum Gasteiger partial charge on any atom is -0.505 e. The molecule has 2 rings (SSSR count). The molecule has 19 heavy (non-hydrogen) atoms. The lowest BCUT2D eigenvalue weighted by atomic mass is 10.1. The number of halogens is 1. The quantitative estimate of drug-likeness (QED) is 0.505. The zero-order valence-electron chi connectivity index (χ0n) is 9.97. The lowest BCUT2D eigenvalue weighted by Gasteiger charge is -2.08. The van der Waals surface area contributed by atoms with Crippen LogP contribution in [0.3, 0.4) is 0 Å². The highest BCUT2D eigenvalue weighted by Crippen LogP contribution is 2.25. The summed E-state index contributed by atoms with van der Waals surface area (Å²) in [4.78, 5) is 11.7. The van der Waals surface area contributed by atoms with Gasteiger partial charge in [-0.25, -0.2) is 9.18 Å². The fourth-order valence-electron chi connectivity index (χ4n) is 1.56.